The lowest BCUT2D eigenvalue weighted by Crippen LogP contribution is -1.85. The molecule has 0 radical (unpaired) electrons. The molecule has 0 aliphatic heterocycles. The molecule has 0 nitrogen and oxygen atoms in total. The highest BCUT2D eigenvalue weighted by Crippen LogP contribution is 2.15. The molecule has 1 rings (SSSR count). The topological polar surface area (TPSA) is 0 Å². The van der Waals surface area contributed by atoms with Crippen LogP contribution in [-0.2, 0) is 6.42 Å². The smallest absolute Gasteiger partial charge is 0.0897 e. The third kappa shape index (κ3) is 2.86. The molecule has 66 valence electrons. The van der Waals surface area contributed by atoms with Gasteiger partial charge in [0.15, 0.2) is 0 Å². The highest BCUT2D eigenvalue weighted by atomic mass is 32.2. The third-order valence-electron chi connectivity index (χ3n) is 1.76. The van der Waals surface area contributed by atoms with Gasteiger partial charge in [-0.1, -0.05) is 12.1 Å². The Balaban J connectivity index is 2.53. The normalized spacial score (nSPS) is 10.2. The van der Waals surface area contributed by atoms with Crippen molar-refractivity contribution in [2.45, 2.75) is 17.7 Å². The maximum Gasteiger partial charge on any atom is 0.0897 e. The number of aryl methyl sites for hydroxylation is 1. The van der Waals surface area contributed by atoms with Gasteiger partial charge >= 0.3 is 0 Å². The molecule has 0 atom stereocenters. The number of benzene rings is 1. The van der Waals surface area contributed by atoms with Gasteiger partial charge in [0.25, 0.3) is 0 Å². The first kappa shape index (κ1) is 9.59. The Bertz CT molecular complexity index is 218. The number of halogens is 1. The standard InChI is InChI=1S/C10H13FS/c1-12-10-6-4-9(5-7-10)3-2-8-11/h4-7H,2-3,8H2,1H3. The van der Waals surface area contributed by atoms with Crippen LogP contribution < -0.4 is 0 Å². The Morgan fingerprint density at radius 1 is 1.25 bits per heavy atom. The predicted octanol–water partition coefficient (Wildman–Crippen LogP) is 3.31. The minimum Gasteiger partial charge on any atom is -0.251 e. The van der Waals surface area contributed by atoms with Crippen LogP contribution in [0.4, 0.5) is 4.39 Å². The van der Waals surface area contributed by atoms with Gasteiger partial charge in [0.2, 0.25) is 0 Å². The van der Waals surface area contributed by atoms with Crippen molar-refractivity contribution in [1.29, 1.82) is 0 Å². The average molecular weight is 184 g/mol. The van der Waals surface area contributed by atoms with Crippen LogP contribution >= 0.6 is 11.8 Å². The summed E-state index contributed by atoms with van der Waals surface area (Å²) in [7, 11) is 0. The van der Waals surface area contributed by atoms with Crippen LogP contribution in [0, 0.1) is 0 Å². The van der Waals surface area contributed by atoms with E-state index in [1.165, 1.54) is 10.5 Å². The minimum atomic E-state index is -0.218. The molecule has 12 heavy (non-hydrogen) atoms. The van der Waals surface area contributed by atoms with Crippen molar-refractivity contribution < 1.29 is 4.39 Å². The molecule has 0 fully saturated rings. The molecule has 0 aromatic heterocycles. The summed E-state index contributed by atoms with van der Waals surface area (Å²) in [6, 6.07) is 8.31. The molecule has 0 bridgehead atoms. The summed E-state index contributed by atoms with van der Waals surface area (Å²) in [5, 5.41) is 0. The van der Waals surface area contributed by atoms with Crippen molar-refractivity contribution in [2.24, 2.45) is 0 Å². The highest BCUT2D eigenvalue weighted by Gasteiger charge is 1.93. The van der Waals surface area contributed by atoms with E-state index >= 15 is 0 Å². The number of hydrogen-bond acceptors (Lipinski definition) is 1. The van der Waals surface area contributed by atoms with Gasteiger partial charge in [-0.15, -0.1) is 11.8 Å². The summed E-state index contributed by atoms with van der Waals surface area (Å²) in [5.41, 5.74) is 1.23. The van der Waals surface area contributed by atoms with Crippen molar-refractivity contribution >= 4 is 11.8 Å². The second-order valence-electron chi connectivity index (χ2n) is 2.64. The van der Waals surface area contributed by atoms with Gasteiger partial charge in [-0.25, -0.2) is 0 Å². The second kappa shape index (κ2) is 5.20. The SMILES string of the molecule is CSc1ccc(CCCF)cc1. The predicted molar refractivity (Wildman–Crippen MR) is 52.5 cm³/mol. The molecule has 0 unspecified atom stereocenters. The van der Waals surface area contributed by atoms with E-state index in [9.17, 15) is 4.39 Å². The van der Waals surface area contributed by atoms with Gasteiger partial charge in [0, 0.05) is 4.90 Å². The van der Waals surface area contributed by atoms with Crippen LogP contribution in [-0.4, -0.2) is 12.9 Å². The lowest BCUT2D eigenvalue weighted by Gasteiger charge is -1.99. The fourth-order valence-corrected chi connectivity index (χ4v) is 1.47. The monoisotopic (exact) mass is 184 g/mol. The number of rotatable bonds is 4. The Morgan fingerprint density at radius 2 is 1.92 bits per heavy atom. The van der Waals surface area contributed by atoms with E-state index < -0.39 is 0 Å². The second-order valence-corrected chi connectivity index (χ2v) is 3.52. The van der Waals surface area contributed by atoms with E-state index in [2.05, 4.69) is 30.5 Å². The molecule has 0 heterocycles. The van der Waals surface area contributed by atoms with E-state index in [1.54, 1.807) is 11.8 Å². The fraction of sp³-hybridized carbons (Fsp3) is 0.400. The quantitative estimate of drug-likeness (QED) is 0.647. The molecule has 1 aromatic rings. The fourth-order valence-electron chi connectivity index (χ4n) is 1.06. The highest BCUT2D eigenvalue weighted by molar-refractivity contribution is 7.98. The Labute approximate surface area is 77.2 Å². The zero-order valence-corrected chi connectivity index (χ0v) is 8.03. The molecule has 0 amide bonds. The van der Waals surface area contributed by atoms with Crippen molar-refractivity contribution in [3.63, 3.8) is 0 Å². The zero-order valence-electron chi connectivity index (χ0n) is 7.22. The van der Waals surface area contributed by atoms with Gasteiger partial charge in [-0.05, 0) is 36.8 Å². The first-order valence-electron chi connectivity index (χ1n) is 4.05. The van der Waals surface area contributed by atoms with Gasteiger partial charge in [-0.3, -0.25) is 4.39 Å². The van der Waals surface area contributed by atoms with Crippen LogP contribution in [0.1, 0.15) is 12.0 Å². The summed E-state index contributed by atoms with van der Waals surface area (Å²) in [6.07, 6.45) is 3.54. The molecule has 0 aliphatic carbocycles. The van der Waals surface area contributed by atoms with Gasteiger partial charge in [-0.2, -0.15) is 0 Å². The average Bonchev–Trinajstić information content (AvgIpc) is 2.15. The molecule has 0 saturated carbocycles. The number of thioether (sulfide) groups is 1. The summed E-state index contributed by atoms with van der Waals surface area (Å²) in [4.78, 5) is 1.26. The summed E-state index contributed by atoms with van der Waals surface area (Å²) < 4.78 is 11.8. The van der Waals surface area contributed by atoms with E-state index in [1.807, 2.05) is 0 Å². The first-order chi connectivity index (χ1) is 5.86. The maximum atomic E-state index is 11.8. The molecular weight excluding hydrogens is 171 g/mol. The molecule has 0 spiro atoms. The largest absolute Gasteiger partial charge is 0.251 e. The van der Waals surface area contributed by atoms with Crippen molar-refractivity contribution in [2.75, 3.05) is 12.9 Å². The van der Waals surface area contributed by atoms with Gasteiger partial charge in [0.1, 0.15) is 0 Å². The lowest BCUT2D eigenvalue weighted by atomic mass is 10.1. The molecule has 0 N–H and O–H groups in total. The van der Waals surface area contributed by atoms with E-state index in [0.29, 0.717) is 6.42 Å². The van der Waals surface area contributed by atoms with Crippen molar-refractivity contribution in [3.05, 3.63) is 29.8 Å². The number of alkyl halides is 1. The maximum absolute atomic E-state index is 11.8. The lowest BCUT2D eigenvalue weighted by molar-refractivity contribution is 0.473. The minimum absolute atomic E-state index is 0.218. The zero-order chi connectivity index (χ0) is 8.81. The summed E-state index contributed by atoms with van der Waals surface area (Å²) in [6.45, 7) is -0.218. The summed E-state index contributed by atoms with van der Waals surface area (Å²) >= 11 is 1.73. The van der Waals surface area contributed by atoms with Crippen LogP contribution in [0.25, 0.3) is 0 Å². The van der Waals surface area contributed by atoms with Crippen LogP contribution in [0.3, 0.4) is 0 Å². The van der Waals surface area contributed by atoms with E-state index in [4.69, 9.17) is 0 Å². The van der Waals surface area contributed by atoms with E-state index in [-0.39, 0.29) is 6.67 Å². The molecule has 2 heteroatoms. The molecular formula is C10H13FS. The van der Waals surface area contributed by atoms with Gasteiger partial charge < -0.3 is 0 Å². The molecule has 0 saturated heterocycles. The van der Waals surface area contributed by atoms with Crippen LogP contribution in [0.5, 0.6) is 0 Å². The third-order valence-corrected chi connectivity index (χ3v) is 2.50. The number of hydrogen-bond donors (Lipinski definition) is 0. The van der Waals surface area contributed by atoms with E-state index in [0.717, 1.165) is 6.42 Å². The van der Waals surface area contributed by atoms with Gasteiger partial charge in [0.05, 0.1) is 6.67 Å². The molecule has 0 aliphatic rings. The van der Waals surface area contributed by atoms with Crippen molar-refractivity contribution in [3.8, 4) is 0 Å². The summed E-state index contributed by atoms with van der Waals surface area (Å²) in [5.74, 6) is 0. The molecule has 1 aromatic carbocycles. The van der Waals surface area contributed by atoms with Crippen LogP contribution in [0.15, 0.2) is 29.2 Å². The van der Waals surface area contributed by atoms with Crippen molar-refractivity contribution in [1.82, 2.24) is 0 Å². The Kier molecular flexibility index (Phi) is 4.15. The Hall–Kier alpha value is -0.500. The Morgan fingerprint density at radius 3 is 2.42 bits per heavy atom. The van der Waals surface area contributed by atoms with Crippen LogP contribution in [0.2, 0.25) is 0 Å². The first-order valence-corrected chi connectivity index (χ1v) is 5.28.